The van der Waals surface area contributed by atoms with E-state index in [2.05, 4.69) is 6.92 Å². The van der Waals surface area contributed by atoms with Gasteiger partial charge >= 0.3 is 5.97 Å². The zero-order valence-corrected chi connectivity index (χ0v) is 14.0. The van der Waals surface area contributed by atoms with Crippen LogP contribution in [0, 0.1) is 11.3 Å². The molecule has 3 rings (SSSR count). The van der Waals surface area contributed by atoms with Crippen molar-refractivity contribution in [2.45, 2.75) is 58.3 Å². The van der Waals surface area contributed by atoms with E-state index in [0.717, 1.165) is 36.8 Å². The van der Waals surface area contributed by atoms with Crippen LogP contribution in [0.5, 0.6) is 5.75 Å². The number of phenols is 1. The van der Waals surface area contributed by atoms with Crippen LogP contribution in [-0.4, -0.2) is 22.0 Å². The number of hydrogen-bond donors (Lipinski definition) is 2. The second kappa shape index (κ2) is 5.08. The highest BCUT2D eigenvalue weighted by atomic mass is 16.4. The van der Waals surface area contributed by atoms with Gasteiger partial charge in [0.25, 0.3) is 0 Å². The second-order valence-electron chi connectivity index (χ2n) is 7.67. The number of Topliss-reactive ketones (excluding diaryl/α,β-unsaturated/α-hetero) is 1. The van der Waals surface area contributed by atoms with Crippen molar-refractivity contribution in [1.82, 2.24) is 0 Å². The summed E-state index contributed by atoms with van der Waals surface area (Å²) in [5, 5.41) is 20.0. The fraction of sp³-hybridized carbons (Fsp3) is 0.579. The molecule has 0 aromatic heterocycles. The largest absolute Gasteiger partial charge is 0.507 e. The molecule has 1 aromatic carbocycles. The van der Waals surface area contributed by atoms with Crippen molar-refractivity contribution >= 4 is 11.8 Å². The molecule has 1 saturated carbocycles. The molecule has 2 aliphatic carbocycles. The van der Waals surface area contributed by atoms with Crippen LogP contribution in [0.1, 0.15) is 67.9 Å². The number of carboxylic acid groups (broad SMARTS) is 1. The van der Waals surface area contributed by atoms with Crippen LogP contribution >= 0.6 is 0 Å². The summed E-state index contributed by atoms with van der Waals surface area (Å²) in [4.78, 5) is 23.6. The molecule has 0 spiro atoms. The number of phenolic OH excluding ortho intramolecular Hbond substituents is 1. The van der Waals surface area contributed by atoms with Gasteiger partial charge in [-0.05, 0) is 74.1 Å². The molecule has 0 amide bonds. The molecule has 2 aliphatic rings. The highest BCUT2D eigenvalue weighted by molar-refractivity contribution is 5.97. The molecule has 0 heterocycles. The lowest BCUT2D eigenvalue weighted by atomic mass is 9.50. The molecule has 23 heavy (non-hydrogen) atoms. The third-order valence-corrected chi connectivity index (χ3v) is 6.34. The lowest BCUT2D eigenvalue weighted by Gasteiger charge is -2.53. The first kappa shape index (κ1) is 16.0. The van der Waals surface area contributed by atoms with Gasteiger partial charge in [0.05, 0.1) is 11.0 Å². The van der Waals surface area contributed by atoms with E-state index in [1.165, 1.54) is 6.92 Å². The minimum Gasteiger partial charge on any atom is -0.507 e. The van der Waals surface area contributed by atoms with Gasteiger partial charge in [-0.25, -0.2) is 0 Å². The van der Waals surface area contributed by atoms with Crippen LogP contribution in [0.15, 0.2) is 12.1 Å². The topological polar surface area (TPSA) is 74.6 Å². The Bertz CT molecular complexity index is 693. The summed E-state index contributed by atoms with van der Waals surface area (Å²) in [6, 6.07) is 3.52. The average molecular weight is 316 g/mol. The number of aryl methyl sites for hydroxylation is 1. The molecular formula is C19H24O4. The summed E-state index contributed by atoms with van der Waals surface area (Å²) in [7, 11) is 0. The van der Waals surface area contributed by atoms with Gasteiger partial charge in [0.2, 0.25) is 0 Å². The smallest absolute Gasteiger partial charge is 0.309 e. The van der Waals surface area contributed by atoms with Gasteiger partial charge in [-0.15, -0.1) is 0 Å². The fourth-order valence-electron chi connectivity index (χ4n) is 5.04. The molecule has 1 unspecified atom stereocenters. The summed E-state index contributed by atoms with van der Waals surface area (Å²) in [5.41, 5.74) is 1.50. The number of aliphatic carboxylic acids is 1. The van der Waals surface area contributed by atoms with Crippen molar-refractivity contribution in [2.24, 2.45) is 11.3 Å². The first-order valence-corrected chi connectivity index (χ1v) is 8.31. The summed E-state index contributed by atoms with van der Waals surface area (Å²) >= 11 is 0. The normalized spacial score (nSPS) is 32.7. The zero-order chi connectivity index (χ0) is 17.0. The summed E-state index contributed by atoms with van der Waals surface area (Å²) in [6.45, 7) is 5.45. The predicted molar refractivity (Wildman–Crippen MR) is 86.9 cm³/mol. The van der Waals surface area contributed by atoms with Crippen molar-refractivity contribution < 1.29 is 19.8 Å². The zero-order valence-electron chi connectivity index (χ0n) is 14.0. The van der Waals surface area contributed by atoms with Gasteiger partial charge < -0.3 is 10.2 Å². The third-order valence-electron chi connectivity index (χ3n) is 6.34. The number of ketones is 1. The predicted octanol–water partition coefficient (Wildman–Crippen LogP) is 3.69. The number of aromatic hydroxyl groups is 1. The molecule has 2 N–H and O–H groups in total. The first-order chi connectivity index (χ1) is 10.7. The molecule has 3 atom stereocenters. The Morgan fingerprint density at radius 2 is 1.91 bits per heavy atom. The monoisotopic (exact) mass is 316 g/mol. The molecular weight excluding hydrogens is 292 g/mol. The Morgan fingerprint density at radius 3 is 2.52 bits per heavy atom. The van der Waals surface area contributed by atoms with Crippen molar-refractivity contribution in [1.29, 1.82) is 0 Å². The van der Waals surface area contributed by atoms with Gasteiger partial charge in [-0.3, -0.25) is 9.59 Å². The van der Waals surface area contributed by atoms with Crippen molar-refractivity contribution in [3.8, 4) is 5.75 Å². The standard InChI is InChI=1S/C19H24O4/c1-11(20)13-9-12-5-6-16-18(2,14(12)10-15(13)21)7-4-8-19(16,3)17(22)23/h9-10,16,21H,4-8H2,1-3H3,(H,22,23)/t16-,18-,19?/m1/s1. The minimum atomic E-state index is -0.723. The molecule has 0 saturated heterocycles. The van der Waals surface area contributed by atoms with E-state index < -0.39 is 11.4 Å². The Balaban J connectivity index is 2.15. The van der Waals surface area contributed by atoms with Gasteiger partial charge in [0.1, 0.15) is 5.75 Å². The lowest BCUT2D eigenvalue weighted by Crippen LogP contribution is -2.52. The summed E-state index contributed by atoms with van der Waals surface area (Å²) in [5.74, 6) is -0.796. The summed E-state index contributed by atoms with van der Waals surface area (Å²) < 4.78 is 0. The van der Waals surface area contributed by atoms with E-state index in [9.17, 15) is 19.8 Å². The van der Waals surface area contributed by atoms with E-state index >= 15 is 0 Å². The van der Waals surface area contributed by atoms with Crippen molar-refractivity contribution in [3.63, 3.8) is 0 Å². The van der Waals surface area contributed by atoms with Crippen LogP contribution in [0.4, 0.5) is 0 Å². The van der Waals surface area contributed by atoms with E-state index in [4.69, 9.17) is 0 Å². The van der Waals surface area contributed by atoms with Crippen LogP contribution in [0.3, 0.4) is 0 Å². The Labute approximate surface area is 136 Å². The highest BCUT2D eigenvalue weighted by Crippen LogP contribution is 2.57. The molecule has 1 aromatic rings. The van der Waals surface area contributed by atoms with Gasteiger partial charge in [0, 0.05) is 0 Å². The quantitative estimate of drug-likeness (QED) is 0.816. The van der Waals surface area contributed by atoms with Crippen LogP contribution in [-0.2, 0) is 16.6 Å². The minimum absolute atomic E-state index is 0.0146. The van der Waals surface area contributed by atoms with Gasteiger partial charge in [0.15, 0.2) is 5.78 Å². The number of carbonyl (C=O) groups excluding carboxylic acids is 1. The van der Waals surface area contributed by atoms with E-state index in [1.54, 1.807) is 12.1 Å². The van der Waals surface area contributed by atoms with Gasteiger partial charge in [-0.1, -0.05) is 13.3 Å². The molecule has 0 aliphatic heterocycles. The molecule has 124 valence electrons. The van der Waals surface area contributed by atoms with Crippen molar-refractivity contribution in [2.75, 3.05) is 0 Å². The van der Waals surface area contributed by atoms with Gasteiger partial charge in [-0.2, -0.15) is 0 Å². The Morgan fingerprint density at radius 1 is 1.22 bits per heavy atom. The summed E-state index contributed by atoms with van der Waals surface area (Å²) in [6.07, 6.45) is 4.07. The van der Waals surface area contributed by atoms with Crippen LogP contribution < -0.4 is 0 Å². The molecule has 1 fully saturated rings. The number of fused-ring (bicyclic) bond motifs is 3. The maximum Gasteiger partial charge on any atom is 0.309 e. The fourth-order valence-corrected chi connectivity index (χ4v) is 5.04. The lowest BCUT2D eigenvalue weighted by molar-refractivity contribution is -0.157. The average Bonchev–Trinajstić information content (AvgIpc) is 2.46. The number of carbonyl (C=O) groups is 2. The molecule has 4 nitrogen and oxygen atoms in total. The number of rotatable bonds is 2. The maximum atomic E-state index is 11.9. The van der Waals surface area contributed by atoms with Crippen LogP contribution in [0.2, 0.25) is 0 Å². The third kappa shape index (κ3) is 2.19. The Kier molecular flexibility index (Phi) is 3.54. The first-order valence-electron chi connectivity index (χ1n) is 8.31. The maximum absolute atomic E-state index is 11.9. The van der Waals surface area contributed by atoms with E-state index in [0.29, 0.717) is 12.0 Å². The van der Waals surface area contributed by atoms with Crippen molar-refractivity contribution in [3.05, 3.63) is 28.8 Å². The number of hydrogen-bond acceptors (Lipinski definition) is 3. The molecule has 0 bridgehead atoms. The highest BCUT2D eigenvalue weighted by Gasteiger charge is 2.55. The second-order valence-corrected chi connectivity index (χ2v) is 7.67. The van der Waals surface area contributed by atoms with E-state index in [-0.39, 0.29) is 22.9 Å². The SMILES string of the molecule is CC(=O)c1cc2c(cc1O)[C@@]1(C)CCCC(C)(C(=O)O)[C@@H]1CC2. The number of benzene rings is 1. The molecule has 4 heteroatoms. The Hall–Kier alpha value is -1.84. The molecule has 0 radical (unpaired) electrons. The van der Waals surface area contributed by atoms with E-state index in [1.807, 2.05) is 6.92 Å². The van der Waals surface area contributed by atoms with Crippen LogP contribution in [0.25, 0.3) is 0 Å². The number of carboxylic acids is 1.